The molecule has 6 nitrogen and oxygen atoms in total. The third kappa shape index (κ3) is 4.11. The number of anilines is 1. The van der Waals surface area contributed by atoms with Crippen molar-refractivity contribution < 1.29 is 14.6 Å². The Labute approximate surface area is 110 Å². The second-order valence-electron chi connectivity index (χ2n) is 3.90. The lowest BCUT2D eigenvalue weighted by atomic mass is 10.2. The molecular formula is C13H15N3O3. The number of amides is 1. The van der Waals surface area contributed by atoms with E-state index in [9.17, 15) is 4.79 Å². The van der Waals surface area contributed by atoms with Gasteiger partial charge in [-0.15, -0.1) is 0 Å². The molecule has 2 aromatic rings. The minimum atomic E-state index is -0.535. The number of nitrogens with one attached hydrogen (secondary N) is 1. The van der Waals surface area contributed by atoms with Gasteiger partial charge in [0.15, 0.2) is 0 Å². The SMILES string of the molecule is O=C(Nc1cnn(CCO)c1)OCc1ccccc1. The molecule has 6 heteroatoms. The van der Waals surface area contributed by atoms with Gasteiger partial charge in [-0.3, -0.25) is 10.00 Å². The maximum Gasteiger partial charge on any atom is 0.412 e. The molecule has 0 unspecified atom stereocenters. The van der Waals surface area contributed by atoms with Gasteiger partial charge in [0.1, 0.15) is 6.61 Å². The van der Waals surface area contributed by atoms with Gasteiger partial charge in [-0.05, 0) is 5.56 Å². The Morgan fingerprint density at radius 1 is 1.37 bits per heavy atom. The Hall–Kier alpha value is -2.34. The summed E-state index contributed by atoms with van der Waals surface area (Å²) in [5.74, 6) is 0. The first-order chi connectivity index (χ1) is 9.28. The fourth-order valence-electron chi connectivity index (χ4n) is 1.53. The standard InChI is InChI=1S/C13H15N3O3/c17-7-6-16-9-12(8-14-16)15-13(18)19-10-11-4-2-1-3-5-11/h1-5,8-9,17H,6-7,10H2,(H,15,18). The Morgan fingerprint density at radius 3 is 2.89 bits per heavy atom. The normalized spacial score (nSPS) is 10.2. The maximum atomic E-state index is 11.5. The Balaban J connectivity index is 1.80. The summed E-state index contributed by atoms with van der Waals surface area (Å²) in [6.45, 7) is 0.609. The van der Waals surface area contributed by atoms with E-state index in [-0.39, 0.29) is 13.2 Å². The highest BCUT2D eigenvalue weighted by Gasteiger charge is 2.05. The zero-order valence-corrected chi connectivity index (χ0v) is 10.3. The van der Waals surface area contributed by atoms with Crippen LogP contribution in [0.3, 0.4) is 0 Å². The minimum Gasteiger partial charge on any atom is -0.444 e. The molecule has 0 radical (unpaired) electrons. The van der Waals surface area contributed by atoms with Crippen LogP contribution in [0.15, 0.2) is 42.7 Å². The molecule has 1 heterocycles. The lowest BCUT2D eigenvalue weighted by molar-refractivity contribution is 0.155. The lowest BCUT2D eigenvalue weighted by Crippen LogP contribution is -2.13. The first-order valence-corrected chi connectivity index (χ1v) is 5.89. The number of benzene rings is 1. The van der Waals surface area contributed by atoms with Gasteiger partial charge < -0.3 is 9.84 Å². The highest BCUT2D eigenvalue weighted by atomic mass is 16.5. The topological polar surface area (TPSA) is 76.4 Å². The number of rotatable bonds is 5. The van der Waals surface area contributed by atoms with E-state index in [1.165, 1.54) is 10.9 Å². The van der Waals surface area contributed by atoms with E-state index >= 15 is 0 Å². The van der Waals surface area contributed by atoms with E-state index in [4.69, 9.17) is 9.84 Å². The van der Waals surface area contributed by atoms with Crippen LogP contribution in [0, 0.1) is 0 Å². The number of carbonyl (C=O) groups excluding carboxylic acids is 1. The number of hydrogen-bond donors (Lipinski definition) is 2. The van der Waals surface area contributed by atoms with Crippen molar-refractivity contribution in [3.8, 4) is 0 Å². The third-order valence-corrected chi connectivity index (χ3v) is 2.42. The van der Waals surface area contributed by atoms with E-state index in [1.54, 1.807) is 6.20 Å². The summed E-state index contributed by atoms with van der Waals surface area (Å²) in [5.41, 5.74) is 1.46. The Morgan fingerprint density at radius 2 is 2.16 bits per heavy atom. The molecule has 0 saturated carbocycles. The monoisotopic (exact) mass is 261 g/mol. The minimum absolute atomic E-state index is 0.000423. The molecule has 0 atom stereocenters. The summed E-state index contributed by atoms with van der Waals surface area (Å²) in [5, 5.41) is 15.3. The molecule has 2 N–H and O–H groups in total. The van der Waals surface area contributed by atoms with Gasteiger partial charge in [0.05, 0.1) is 25.0 Å². The average Bonchev–Trinajstić information content (AvgIpc) is 2.85. The van der Waals surface area contributed by atoms with Crippen molar-refractivity contribution in [2.75, 3.05) is 11.9 Å². The average molecular weight is 261 g/mol. The summed E-state index contributed by atoms with van der Waals surface area (Å²) in [7, 11) is 0. The van der Waals surface area contributed by atoms with Crippen LogP contribution in [0.1, 0.15) is 5.56 Å². The summed E-state index contributed by atoms with van der Waals surface area (Å²) < 4.78 is 6.60. The van der Waals surface area contributed by atoms with Crippen LogP contribution in [-0.4, -0.2) is 27.6 Å². The molecule has 19 heavy (non-hydrogen) atoms. The first-order valence-electron chi connectivity index (χ1n) is 5.89. The second kappa shape index (κ2) is 6.55. The number of hydrogen-bond acceptors (Lipinski definition) is 4. The molecule has 0 fully saturated rings. The molecular weight excluding hydrogens is 246 g/mol. The Kier molecular flexibility index (Phi) is 4.52. The molecule has 0 spiro atoms. The van der Waals surface area contributed by atoms with Gasteiger partial charge in [-0.2, -0.15) is 5.10 Å². The van der Waals surface area contributed by atoms with Crippen molar-refractivity contribution in [1.82, 2.24) is 9.78 Å². The molecule has 1 aromatic heterocycles. The smallest absolute Gasteiger partial charge is 0.412 e. The number of aromatic nitrogens is 2. The molecule has 1 amide bonds. The van der Waals surface area contributed by atoms with E-state index < -0.39 is 6.09 Å². The second-order valence-corrected chi connectivity index (χ2v) is 3.90. The molecule has 0 bridgehead atoms. The van der Waals surface area contributed by atoms with Crippen molar-refractivity contribution in [3.63, 3.8) is 0 Å². The zero-order chi connectivity index (χ0) is 13.5. The quantitative estimate of drug-likeness (QED) is 0.857. The molecule has 100 valence electrons. The highest BCUT2D eigenvalue weighted by molar-refractivity contribution is 5.84. The van der Waals surface area contributed by atoms with Crippen LogP contribution in [0.25, 0.3) is 0 Å². The van der Waals surface area contributed by atoms with E-state index in [0.29, 0.717) is 12.2 Å². The van der Waals surface area contributed by atoms with Crippen molar-refractivity contribution in [2.45, 2.75) is 13.2 Å². The van der Waals surface area contributed by atoms with Gasteiger partial charge in [-0.25, -0.2) is 4.79 Å². The molecule has 0 aliphatic rings. The maximum absolute atomic E-state index is 11.5. The molecule has 0 saturated heterocycles. The van der Waals surface area contributed by atoms with E-state index in [2.05, 4.69) is 10.4 Å². The molecule has 2 rings (SSSR count). The Bertz CT molecular complexity index is 525. The fraction of sp³-hybridized carbons (Fsp3) is 0.231. The number of nitrogens with zero attached hydrogens (tertiary/aromatic N) is 2. The fourth-order valence-corrected chi connectivity index (χ4v) is 1.53. The van der Waals surface area contributed by atoms with Crippen LogP contribution >= 0.6 is 0 Å². The summed E-state index contributed by atoms with van der Waals surface area (Å²) >= 11 is 0. The van der Waals surface area contributed by atoms with E-state index in [0.717, 1.165) is 5.56 Å². The molecule has 0 aliphatic carbocycles. The van der Waals surface area contributed by atoms with Gasteiger partial charge >= 0.3 is 6.09 Å². The molecule has 1 aromatic carbocycles. The lowest BCUT2D eigenvalue weighted by Gasteiger charge is -2.05. The van der Waals surface area contributed by atoms with Crippen molar-refractivity contribution in [1.29, 1.82) is 0 Å². The number of aliphatic hydroxyl groups excluding tert-OH is 1. The zero-order valence-electron chi connectivity index (χ0n) is 10.3. The van der Waals surface area contributed by atoms with Crippen LogP contribution in [0.4, 0.5) is 10.5 Å². The van der Waals surface area contributed by atoms with E-state index in [1.807, 2.05) is 30.3 Å². The third-order valence-electron chi connectivity index (χ3n) is 2.42. The first kappa shape index (κ1) is 13.1. The van der Waals surface area contributed by atoms with Crippen LogP contribution in [0.5, 0.6) is 0 Å². The van der Waals surface area contributed by atoms with Crippen molar-refractivity contribution in [2.24, 2.45) is 0 Å². The predicted molar refractivity (Wildman–Crippen MR) is 69.6 cm³/mol. The largest absolute Gasteiger partial charge is 0.444 e. The highest BCUT2D eigenvalue weighted by Crippen LogP contribution is 2.06. The van der Waals surface area contributed by atoms with Crippen LogP contribution in [0.2, 0.25) is 0 Å². The van der Waals surface area contributed by atoms with Crippen molar-refractivity contribution >= 4 is 11.8 Å². The van der Waals surface area contributed by atoms with Gasteiger partial charge in [0.2, 0.25) is 0 Å². The van der Waals surface area contributed by atoms with Gasteiger partial charge in [0.25, 0.3) is 0 Å². The van der Waals surface area contributed by atoms with Crippen molar-refractivity contribution in [3.05, 3.63) is 48.3 Å². The van der Waals surface area contributed by atoms with Gasteiger partial charge in [0, 0.05) is 6.20 Å². The number of aliphatic hydroxyl groups is 1. The van der Waals surface area contributed by atoms with Crippen LogP contribution < -0.4 is 5.32 Å². The van der Waals surface area contributed by atoms with Gasteiger partial charge in [-0.1, -0.05) is 30.3 Å². The summed E-state index contributed by atoms with van der Waals surface area (Å²) in [6.07, 6.45) is 2.59. The predicted octanol–water partition coefficient (Wildman–Crippen LogP) is 1.62. The number of ether oxygens (including phenoxy) is 1. The number of carbonyl (C=O) groups is 1. The summed E-state index contributed by atoms with van der Waals surface area (Å²) in [4.78, 5) is 11.5. The molecule has 0 aliphatic heterocycles. The summed E-state index contributed by atoms with van der Waals surface area (Å²) in [6, 6.07) is 9.43. The van der Waals surface area contributed by atoms with Crippen LogP contribution in [-0.2, 0) is 17.9 Å².